The van der Waals surface area contributed by atoms with E-state index in [0.717, 1.165) is 44.9 Å². The fraction of sp³-hybridized carbons (Fsp3) is 0.816. The Labute approximate surface area is 289 Å². The molecule has 0 aromatic heterocycles. The van der Waals surface area contributed by atoms with Crippen LogP contribution in [0.25, 0.3) is 0 Å². The molecule has 0 aromatic carbocycles. The monoisotopic (exact) mass is 685 g/mol. The number of aliphatic hydroxyl groups is 1. The highest BCUT2D eigenvalue weighted by Gasteiger charge is 2.23. The molecule has 0 bridgehead atoms. The summed E-state index contributed by atoms with van der Waals surface area (Å²) in [4.78, 5) is 24.9. The summed E-state index contributed by atoms with van der Waals surface area (Å²) in [5.74, 6) is -0.214. The zero-order chi connectivity index (χ0) is 35.1. The average Bonchev–Trinajstić information content (AvgIpc) is 3.01. The molecule has 0 saturated heterocycles. The number of aliphatic hydroxyl groups excluding tert-OH is 1. The van der Waals surface area contributed by atoms with E-state index in [1.165, 1.54) is 83.5 Å². The van der Waals surface area contributed by atoms with Gasteiger partial charge in [0.1, 0.15) is 13.2 Å². The van der Waals surface area contributed by atoms with Gasteiger partial charge in [0, 0.05) is 6.42 Å². The molecule has 0 aliphatic heterocycles. The van der Waals surface area contributed by atoms with Crippen LogP contribution in [0.3, 0.4) is 0 Å². The number of hydrogen-bond acceptors (Lipinski definition) is 6. The van der Waals surface area contributed by atoms with E-state index in [2.05, 4.69) is 43.5 Å². The summed E-state index contributed by atoms with van der Waals surface area (Å²) in [6.45, 7) is 4.45. The molecule has 3 unspecified atom stereocenters. The first kappa shape index (κ1) is 45.7. The van der Waals surface area contributed by atoms with Gasteiger partial charge >= 0.3 is 0 Å². The van der Waals surface area contributed by atoms with Crippen molar-refractivity contribution in [1.82, 2.24) is 5.32 Å². The van der Waals surface area contributed by atoms with E-state index in [1.54, 1.807) is 6.08 Å². The van der Waals surface area contributed by atoms with Crippen molar-refractivity contribution in [3.05, 3.63) is 36.5 Å². The van der Waals surface area contributed by atoms with Crippen molar-refractivity contribution in [3.63, 3.8) is 0 Å². The maximum atomic E-state index is 12.7. The first-order chi connectivity index (χ1) is 22.5. The van der Waals surface area contributed by atoms with Crippen LogP contribution in [0.1, 0.15) is 149 Å². The van der Waals surface area contributed by atoms with Gasteiger partial charge in [-0.05, 0) is 44.9 Å². The number of nitrogens with one attached hydrogen (secondary N) is 1. The van der Waals surface area contributed by atoms with Crippen molar-refractivity contribution in [1.29, 1.82) is 0 Å². The number of likely N-dealkylation sites (N-methyl/N-ethyl adjacent to an activating group) is 1. The number of phosphoric acid groups is 1. The van der Waals surface area contributed by atoms with Gasteiger partial charge in [0.15, 0.2) is 0 Å². The minimum atomic E-state index is -4.56. The van der Waals surface area contributed by atoms with Crippen LogP contribution in [-0.2, 0) is 18.4 Å². The van der Waals surface area contributed by atoms with Gasteiger partial charge < -0.3 is 28.8 Å². The number of allylic oxidation sites excluding steroid dienone is 5. The first-order valence-electron chi connectivity index (χ1n) is 18.9. The standard InChI is InChI=1S/C38H73N2O6P/c1-6-8-10-12-13-14-15-16-17-18-19-20-21-22-23-24-25-26-27-28-30-32-38(42)39-36(37(41)31-29-11-9-7-2)35-46-47(43,44)45-34-33-40(3,4)5/h15-16,18-19,29,31,36-37,41H,6-14,17,20-28,30,32-35H2,1-5H3,(H-,39,42,43,44)/b16-15-,19-18-,31-29+. The van der Waals surface area contributed by atoms with Crippen LogP contribution in [0.2, 0.25) is 0 Å². The van der Waals surface area contributed by atoms with Crippen LogP contribution in [-0.4, -0.2) is 68.5 Å². The van der Waals surface area contributed by atoms with Gasteiger partial charge in [-0.3, -0.25) is 9.36 Å². The zero-order valence-electron chi connectivity index (χ0n) is 31.0. The summed E-state index contributed by atoms with van der Waals surface area (Å²) in [6, 6.07) is -0.883. The number of hydrogen-bond donors (Lipinski definition) is 2. The number of quaternary nitrogens is 1. The number of nitrogens with zero attached hydrogens (tertiary/aromatic N) is 1. The highest BCUT2D eigenvalue weighted by Crippen LogP contribution is 2.38. The number of phosphoric ester groups is 1. The Morgan fingerprint density at radius 2 is 1.26 bits per heavy atom. The Balaban J connectivity index is 4.12. The topological polar surface area (TPSA) is 108 Å². The van der Waals surface area contributed by atoms with Crippen molar-refractivity contribution in [2.75, 3.05) is 40.9 Å². The van der Waals surface area contributed by atoms with E-state index in [9.17, 15) is 19.4 Å². The SMILES string of the molecule is CCCC/C=C/C(O)C(COP(=O)([O-])OCC[N+](C)(C)C)NC(=O)CCCCCCCCCCC/C=C\C/C=C\CCCCCCC. The van der Waals surface area contributed by atoms with Crippen LogP contribution in [0.4, 0.5) is 0 Å². The molecule has 0 rings (SSSR count). The Hall–Kier alpha value is -1.28. The lowest BCUT2D eigenvalue weighted by atomic mass is 10.1. The minimum Gasteiger partial charge on any atom is -0.756 e. The summed E-state index contributed by atoms with van der Waals surface area (Å²) < 4.78 is 22.9. The van der Waals surface area contributed by atoms with Crippen molar-refractivity contribution >= 4 is 13.7 Å². The summed E-state index contributed by atoms with van der Waals surface area (Å²) >= 11 is 0. The molecule has 47 heavy (non-hydrogen) atoms. The lowest BCUT2D eigenvalue weighted by molar-refractivity contribution is -0.870. The summed E-state index contributed by atoms with van der Waals surface area (Å²) in [5, 5.41) is 13.4. The molecule has 0 spiro atoms. The minimum absolute atomic E-state index is 0.00395. The van der Waals surface area contributed by atoms with Crippen LogP contribution in [0.15, 0.2) is 36.5 Å². The molecule has 0 aliphatic rings. The number of carbonyl (C=O) groups excluding carboxylic acids is 1. The van der Waals surface area contributed by atoms with Gasteiger partial charge in [0.25, 0.3) is 7.82 Å². The highest BCUT2D eigenvalue weighted by atomic mass is 31.2. The lowest BCUT2D eigenvalue weighted by Crippen LogP contribution is -2.45. The predicted octanol–water partition coefficient (Wildman–Crippen LogP) is 8.94. The third kappa shape index (κ3) is 33.0. The average molecular weight is 685 g/mol. The third-order valence-corrected chi connectivity index (χ3v) is 9.06. The van der Waals surface area contributed by atoms with Crippen molar-refractivity contribution in [2.45, 2.75) is 161 Å². The molecule has 0 saturated carbocycles. The molecule has 0 heterocycles. The Kier molecular flexibility index (Phi) is 29.9. The maximum Gasteiger partial charge on any atom is 0.268 e. The number of carbonyl (C=O) groups is 1. The zero-order valence-corrected chi connectivity index (χ0v) is 31.9. The molecule has 0 fully saturated rings. The fourth-order valence-corrected chi connectivity index (χ4v) is 5.71. The summed E-state index contributed by atoms with van der Waals surface area (Å²) in [6.07, 6.45) is 35.3. The molecule has 9 heteroatoms. The van der Waals surface area contributed by atoms with E-state index >= 15 is 0 Å². The van der Waals surface area contributed by atoms with E-state index in [1.807, 2.05) is 27.2 Å². The number of amides is 1. The summed E-state index contributed by atoms with van der Waals surface area (Å²) in [7, 11) is 1.24. The van der Waals surface area contributed by atoms with E-state index in [-0.39, 0.29) is 19.1 Å². The van der Waals surface area contributed by atoms with Gasteiger partial charge in [-0.2, -0.15) is 0 Å². The second kappa shape index (κ2) is 30.8. The second-order valence-corrected chi connectivity index (χ2v) is 15.3. The van der Waals surface area contributed by atoms with Gasteiger partial charge in [-0.15, -0.1) is 0 Å². The van der Waals surface area contributed by atoms with Crippen LogP contribution >= 0.6 is 7.82 Å². The molecule has 0 radical (unpaired) electrons. The van der Waals surface area contributed by atoms with Gasteiger partial charge in [-0.1, -0.05) is 134 Å². The van der Waals surface area contributed by atoms with Gasteiger partial charge in [-0.25, -0.2) is 0 Å². The highest BCUT2D eigenvalue weighted by molar-refractivity contribution is 7.45. The molecule has 0 aliphatic carbocycles. The Morgan fingerprint density at radius 3 is 1.81 bits per heavy atom. The molecular weight excluding hydrogens is 611 g/mol. The number of unbranched alkanes of at least 4 members (excludes halogenated alkanes) is 16. The maximum absolute atomic E-state index is 12.7. The molecule has 8 nitrogen and oxygen atoms in total. The van der Waals surface area contributed by atoms with Crippen molar-refractivity contribution < 1.29 is 32.9 Å². The van der Waals surface area contributed by atoms with Crippen LogP contribution < -0.4 is 10.2 Å². The molecule has 1 amide bonds. The van der Waals surface area contributed by atoms with Crippen molar-refractivity contribution in [2.24, 2.45) is 0 Å². The summed E-state index contributed by atoms with van der Waals surface area (Å²) in [5.41, 5.74) is 0. The molecule has 276 valence electrons. The Morgan fingerprint density at radius 1 is 0.745 bits per heavy atom. The van der Waals surface area contributed by atoms with Crippen molar-refractivity contribution in [3.8, 4) is 0 Å². The van der Waals surface area contributed by atoms with Gasteiger partial charge in [0.05, 0.1) is 39.9 Å². The third-order valence-electron chi connectivity index (χ3n) is 8.09. The lowest BCUT2D eigenvalue weighted by Gasteiger charge is -2.29. The van der Waals surface area contributed by atoms with E-state index < -0.39 is 20.0 Å². The quantitative estimate of drug-likeness (QED) is 0.0309. The van der Waals surface area contributed by atoms with Crippen LogP contribution in [0.5, 0.6) is 0 Å². The molecule has 0 aromatic rings. The molecule has 3 atom stereocenters. The van der Waals surface area contributed by atoms with E-state index in [4.69, 9.17) is 9.05 Å². The smallest absolute Gasteiger partial charge is 0.268 e. The Bertz CT molecular complexity index is 871. The number of rotatable bonds is 33. The largest absolute Gasteiger partial charge is 0.756 e. The van der Waals surface area contributed by atoms with Gasteiger partial charge in [0.2, 0.25) is 5.91 Å². The van der Waals surface area contributed by atoms with E-state index in [0.29, 0.717) is 17.4 Å². The molecule has 2 N–H and O–H groups in total. The normalized spacial score (nSPS) is 15.1. The first-order valence-corrected chi connectivity index (χ1v) is 20.3. The predicted molar refractivity (Wildman–Crippen MR) is 196 cm³/mol. The van der Waals surface area contributed by atoms with Crippen LogP contribution in [0, 0.1) is 0 Å². The fourth-order valence-electron chi connectivity index (χ4n) is 4.99. The second-order valence-electron chi connectivity index (χ2n) is 13.9. The molecular formula is C38H73N2O6P.